The van der Waals surface area contributed by atoms with Crippen LogP contribution in [0.4, 0.5) is 23.5 Å². The lowest BCUT2D eigenvalue weighted by molar-refractivity contribution is -0.141. The van der Waals surface area contributed by atoms with E-state index in [1.165, 1.54) is 25.1 Å². The maximum absolute atomic E-state index is 13.4. The van der Waals surface area contributed by atoms with Gasteiger partial charge < -0.3 is 5.32 Å². The summed E-state index contributed by atoms with van der Waals surface area (Å²) in [6.07, 6.45) is -4.54. The quantitative estimate of drug-likeness (QED) is 0.876. The van der Waals surface area contributed by atoms with E-state index in [9.17, 15) is 17.6 Å². The number of benzene rings is 1. The maximum Gasteiger partial charge on any atom is 0.433 e. The summed E-state index contributed by atoms with van der Waals surface area (Å²) in [5, 5.41) is 2.59. The van der Waals surface area contributed by atoms with Crippen LogP contribution in [0.15, 0.2) is 30.3 Å². The summed E-state index contributed by atoms with van der Waals surface area (Å²) >= 11 is 0. The van der Waals surface area contributed by atoms with Crippen molar-refractivity contribution in [1.82, 2.24) is 9.97 Å². The average molecular weight is 285 g/mol. The molecule has 0 aliphatic carbocycles. The molecule has 0 aliphatic rings. The minimum atomic E-state index is -4.54. The van der Waals surface area contributed by atoms with Gasteiger partial charge in [0.05, 0.1) is 0 Å². The molecule has 1 aromatic carbocycles. The minimum Gasteiger partial charge on any atom is -0.350 e. The molecule has 0 amide bonds. The molecule has 20 heavy (non-hydrogen) atoms. The molecule has 2 aromatic rings. The van der Waals surface area contributed by atoms with E-state index in [1.807, 2.05) is 0 Å². The normalized spacial score (nSPS) is 11.4. The van der Waals surface area contributed by atoms with Crippen molar-refractivity contribution in [3.05, 3.63) is 53.1 Å². The van der Waals surface area contributed by atoms with Crippen LogP contribution in [0.3, 0.4) is 0 Å². The summed E-state index contributed by atoms with van der Waals surface area (Å²) in [6.45, 7) is 1.44. The molecule has 1 aromatic heterocycles. The van der Waals surface area contributed by atoms with Crippen LogP contribution in [0.1, 0.15) is 17.0 Å². The largest absolute Gasteiger partial charge is 0.433 e. The SMILES string of the molecule is Cc1cc(C(F)(F)F)nc(NCc2ccccc2F)n1. The van der Waals surface area contributed by atoms with Crippen LogP contribution in [0.25, 0.3) is 0 Å². The van der Waals surface area contributed by atoms with Crippen LogP contribution >= 0.6 is 0 Å². The topological polar surface area (TPSA) is 37.8 Å². The molecule has 0 saturated heterocycles. The molecule has 0 aliphatic heterocycles. The van der Waals surface area contributed by atoms with Crippen molar-refractivity contribution in [2.24, 2.45) is 0 Å². The van der Waals surface area contributed by atoms with Crippen molar-refractivity contribution < 1.29 is 17.6 Å². The Kier molecular flexibility index (Phi) is 3.87. The number of alkyl halides is 3. The summed E-state index contributed by atoms with van der Waals surface area (Å²) in [5.41, 5.74) is -0.518. The molecule has 0 atom stereocenters. The Bertz CT molecular complexity index is 611. The molecule has 0 radical (unpaired) electrons. The van der Waals surface area contributed by atoms with Gasteiger partial charge in [-0.25, -0.2) is 14.4 Å². The molecule has 106 valence electrons. The number of hydrogen-bond donors (Lipinski definition) is 1. The van der Waals surface area contributed by atoms with Crippen molar-refractivity contribution in [2.45, 2.75) is 19.6 Å². The predicted molar refractivity (Wildman–Crippen MR) is 65.5 cm³/mol. The fourth-order valence-corrected chi connectivity index (χ4v) is 1.61. The van der Waals surface area contributed by atoms with Gasteiger partial charge in [-0.05, 0) is 19.1 Å². The Balaban J connectivity index is 2.18. The minimum absolute atomic E-state index is 0.00736. The second-order valence-electron chi connectivity index (χ2n) is 4.16. The van der Waals surface area contributed by atoms with E-state index >= 15 is 0 Å². The Morgan fingerprint density at radius 1 is 1.15 bits per heavy atom. The number of aryl methyl sites for hydroxylation is 1. The molecular weight excluding hydrogens is 274 g/mol. The number of halogens is 4. The standard InChI is InChI=1S/C13H11F4N3/c1-8-6-11(13(15,16)17)20-12(19-8)18-7-9-4-2-3-5-10(9)14/h2-6H,7H2,1H3,(H,18,19,20). The van der Waals surface area contributed by atoms with Gasteiger partial charge in [0, 0.05) is 17.8 Å². The van der Waals surface area contributed by atoms with Crippen LogP contribution in [-0.2, 0) is 12.7 Å². The molecule has 2 rings (SSSR count). The Morgan fingerprint density at radius 3 is 2.50 bits per heavy atom. The molecule has 7 heteroatoms. The highest BCUT2D eigenvalue weighted by atomic mass is 19.4. The molecule has 0 spiro atoms. The van der Waals surface area contributed by atoms with E-state index in [0.717, 1.165) is 6.07 Å². The molecule has 0 unspecified atom stereocenters. The first kappa shape index (κ1) is 14.2. The third-order valence-electron chi connectivity index (χ3n) is 2.54. The van der Waals surface area contributed by atoms with Crippen LogP contribution in [0.5, 0.6) is 0 Å². The van der Waals surface area contributed by atoms with Gasteiger partial charge in [-0.15, -0.1) is 0 Å². The number of rotatable bonds is 3. The highest BCUT2D eigenvalue weighted by Crippen LogP contribution is 2.28. The second kappa shape index (κ2) is 5.44. The van der Waals surface area contributed by atoms with Crippen LogP contribution in [-0.4, -0.2) is 9.97 Å². The Labute approximate surface area is 112 Å². The number of anilines is 1. The van der Waals surface area contributed by atoms with E-state index < -0.39 is 17.7 Å². The zero-order chi connectivity index (χ0) is 14.8. The fraction of sp³-hybridized carbons (Fsp3) is 0.231. The monoisotopic (exact) mass is 285 g/mol. The van der Waals surface area contributed by atoms with Gasteiger partial charge in [0.25, 0.3) is 0 Å². The van der Waals surface area contributed by atoms with Crippen molar-refractivity contribution in [3.8, 4) is 0 Å². The lowest BCUT2D eigenvalue weighted by Crippen LogP contribution is -2.13. The van der Waals surface area contributed by atoms with Gasteiger partial charge in [0.2, 0.25) is 5.95 Å². The van der Waals surface area contributed by atoms with Gasteiger partial charge in [-0.3, -0.25) is 0 Å². The summed E-state index contributed by atoms with van der Waals surface area (Å²) in [7, 11) is 0. The number of nitrogens with one attached hydrogen (secondary N) is 1. The lowest BCUT2D eigenvalue weighted by Gasteiger charge is -2.10. The zero-order valence-corrected chi connectivity index (χ0v) is 10.5. The van der Waals surface area contributed by atoms with Crippen molar-refractivity contribution in [1.29, 1.82) is 0 Å². The Morgan fingerprint density at radius 2 is 1.85 bits per heavy atom. The fourth-order valence-electron chi connectivity index (χ4n) is 1.61. The number of nitrogens with zero attached hydrogens (tertiary/aromatic N) is 2. The molecule has 0 fully saturated rings. The number of hydrogen-bond acceptors (Lipinski definition) is 3. The predicted octanol–water partition coefficient (Wildman–Crippen LogP) is 3.56. The maximum atomic E-state index is 13.4. The molecule has 1 N–H and O–H groups in total. The molecule has 1 heterocycles. The van der Waals surface area contributed by atoms with Gasteiger partial charge >= 0.3 is 6.18 Å². The second-order valence-corrected chi connectivity index (χ2v) is 4.16. The lowest BCUT2D eigenvalue weighted by atomic mass is 10.2. The van der Waals surface area contributed by atoms with Gasteiger partial charge in [0.1, 0.15) is 11.5 Å². The van der Waals surface area contributed by atoms with Crippen LogP contribution < -0.4 is 5.32 Å². The van der Waals surface area contributed by atoms with Crippen molar-refractivity contribution in [2.75, 3.05) is 5.32 Å². The van der Waals surface area contributed by atoms with Crippen molar-refractivity contribution >= 4 is 5.95 Å². The van der Waals surface area contributed by atoms with Crippen LogP contribution in [0.2, 0.25) is 0 Å². The van der Waals surface area contributed by atoms with Crippen LogP contribution in [0, 0.1) is 12.7 Å². The van der Waals surface area contributed by atoms with E-state index in [2.05, 4.69) is 15.3 Å². The van der Waals surface area contributed by atoms with E-state index in [1.54, 1.807) is 6.07 Å². The highest BCUT2D eigenvalue weighted by molar-refractivity contribution is 5.31. The van der Waals surface area contributed by atoms with E-state index in [-0.39, 0.29) is 18.2 Å². The van der Waals surface area contributed by atoms with E-state index in [0.29, 0.717) is 5.56 Å². The smallest absolute Gasteiger partial charge is 0.350 e. The summed E-state index contributed by atoms with van der Waals surface area (Å²) < 4.78 is 51.2. The summed E-state index contributed by atoms with van der Waals surface area (Å²) in [5.74, 6) is -0.621. The van der Waals surface area contributed by atoms with E-state index in [4.69, 9.17) is 0 Å². The third kappa shape index (κ3) is 3.43. The van der Waals surface area contributed by atoms with Gasteiger partial charge in [-0.2, -0.15) is 13.2 Å². The molecular formula is C13H11F4N3. The molecule has 3 nitrogen and oxygen atoms in total. The summed E-state index contributed by atoms with van der Waals surface area (Å²) in [4.78, 5) is 7.23. The molecule has 0 saturated carbocycles. The first-order valence-corrected chi connectivity index (χ1v) is 5.76. The Hall–Kier alpha value is -2.18. The number of aromatic nitrogens is 2. The van der Waals surface area contributed by atoms with Gasteiger partial charge in [0.15, 0.2) is 0 Å². The average Bonchev–Trinajstić information content (AvgIpc) is 2.36. The molecule has 0 bridgehead atoms. The van der Waals surface area contributed by atoms with Gasteiger partial charge in [-0.1, -0.05) is 18.2 Å². The third-order valence-corrected chi connectivity index (χ3v) is 2.54. The zero-order valence-electron chi connectivity index (χ0n) is 10.5. The highest BCUT2D eigenvalue weighted by Gasteiger charge is 2.33. The first-order valence-electron chi connectivity index (χ1n) is 5.76. The first-order chi connectivity index (χ1) is 9.36. The van der Waals surface area contributed by atoms with Crippen molar-refractivity contribution in [3.63, 3.8) is 0 Å². The summed E-state index contributed by atoms with van der Waals surface area (Å²) in [6, 6.07) is 6.83.